The van der Waals surface area contributed by atoms with Crippen LogP contribution in [-0.2, 0) is 0 Å². The molecule has 0 aliphatic rings. The topological polar surface area (TPSA) is 9.23 Å². The van der Waals surface area contributed by atoms with E-state index in [1.54, 1.807) is 18.2 Å². The highest BCUT2D eigenvalue weighted by atomic mass is 79.9. The predicted octanol–water partition coefficient (Wildman–Crippen LogP) is 5.98. The monoisotopic (exact) mass is 468 g/mol. The van der Waals surface area contributed by atoms with Gasteiger partial charge in [0.2, 0.25) is 0 Å². The van der Waals surface area contributed by atoms with Crippen molar-refractivity contribution in [1.29, 1.82) is 0 Å². The minimum absolute atomic E-state index is 0.324. The Labute approximate surface area is 140 Å². The highest BCUT2D eigenvalue weighted by molar-refractivity contribution is 9.11. The summed E-state index contributed by atoms with van der Waals surface area (Å²) in [6.07, 6.45) is 0. The van der Waals surface area contributed by atoms with Crippen molar-refractivity contribution >= 4 is 47.8 Å². The molecule has 1 atom stereocenters. The van der Waals surface area contributed by atoms with Gasteiger partial charge in [-0.15, -0.1) is 0 Å². The maximum Gasteiger partial charge on any atom is 0.141 e. The average molecular weight is 471 g/mol. The number of hydrogen-bond acceptors (Lipinski definition) is 1. The highest BCUT2D eigenvalue weighted by Gasteiger charge is 2.21. The van der Waals surface area contributed by atoms with Crippen LogP contribution in [0, 0.1) is 11.6 Å². The quantitative estimate of drug-likeness (QED) is 0.501. The Kier molecular flexibility index (Phi) is 5.20. The van der Waals surface area contributed by atoms with Crippen LogP contribution in [0.1, 0.15) is 16.0 Å². The maximum atomic E-state index is 13.6. The van der Waals surface area contributed by atoms with E-state index in [2.05, 4.69) is 47.8 Å². The minimum Gasteiger partial charge on any atom is -0.496 e. The smallest absolute Gasteiger partial charge is 0.141 e. The van der Waals surface area contributed by atoms with Gasteiger partial charge in [0.05, 0.1) is 20.9 Å². The molecule has 0 aliphatic heterocycles. The van der Waals surface area contributed by atoms with Gasteiger partial charge in [-0.1, -0.05) is 28.1 Å². The molecule has 0 bridgehead atoms. The fourth-order valence-electron chi connectivity index (χ4n) is 1.80. The molecule has 2 aromatic rings. The van der Waals surface area contributed by atoms with Gasteiger partial charge >= 0.3 is 0 Å². The van der Waals surface area contributed by atoms with Gasteiger partial charge in [-0.05, 0) is 49.6 Å². The molecule has 2 rings (SSSR count). The molecule has 0 heterocycles. The lowest BCUT2D eigenvalue weighted by molar-refractivity contribution is 0.406. The van der Waals surface area contributed by atoms with Crippen molar-refractivity contribution < 1.29 is 13.5 Å². The molecule has 0 radical (unpaired) electrons. The van der Waals surface area contributed by atoms with Crippen molar-refractivity contribution in [3.63, 3.8) is 0 Å². The Morgan fingerprint density at radius 3 is 2.40 bits per heavy atom. The summed E-state index contributed by atoms with van der Waals surface area (Å²) in [7, 11) is 1.46. The van der Waals surface area contributed by atoms with E-state index in [0.29, 0.717) is 25.8 Å². The van der Waals surface area contributed by atoms with Crippen LogP contribution in [0.5, 0.6) is 5.75 Å². The summed E-state index contributed by atoms with van der Waals surface area (Å²) in [4.78, 5) is -0.334. The minimum atomic E-state index is -0.413. The molecule has 1 unspecified atom stereocenters. The Bertz CT molecular complexity index is 647. The lowest BCUT2D eigenvalue weighted by atomic mass is 10.0. The zero-order valence-electron chi connectivity index (χ0n) is 10.3. The molecular weight excluding hydrogens is 462 g/mol. The molecule has 0 aromatic heterocycles. The first-order valence-electron chi connectivity index (χ1n) is 5.56. The molecule has 0 amide bonds. The Morgan fingerprint density at radius 2 is 1.75 bits per heavy atom. The van der Waals surface area contributed by atoms with Crippen molar-refractivity contribution in [2.75, 3.05) is 7.11 Å². The lowest BCUT2D eigenvalue weighted by Crippen LogP contribution is -2.00. The Morgan fingerprint density at radius 1 is 1.05 bits per heavy atom. The lowest BCUT2D eigenvalue weighted by Gasteiger charge is -2.17. The Balaban J connectivity index is 2.55. The predicted molar refractivity (Wildman–Crippen MR) is 85.5 cm³/mol. The SMILES string of the molecule is COc1cc(F)c(Br)cc1C(Br)c1cccc(F)c1Br. The first-order valence-corrected chi connectivity index (χ1v) is 8.06. The number of ether oxygens (including phenoxy) is 1. The van der Waals surface area contributed by atoms with Gasteiger partial charge in [-0.2, -0.15) is 0 Å². The maximum absolute atomic E-state index is 13.6. The summed E-state index contributed by atoms with van der Waals surface area (Å²) >= 11 is 9.88. The largest absolute Gasteiger partial charge is 0.496 e. The second-order valence-corrected chi connectivity index (χ2v) is 6.58. The van der Waals surface area contributed by atoms with E-state index in [1.165, 1.54) is 19.2 Å². The summed E-state index contributed by atoms with van der Waals surface area (Å²) in [5.74, 6) is -0.376. The molecule has 0 aliphatic carbocycles. The van der Waals surface area contributed by atoms with E-state index < -0.39 is 5.82 Å². The van der Waals surface area contributed by atoms with Gasteiger partial charge < -0.3 is 4.74 Å². The van der Waals surface area contributed by atoms with E-state index in [9.17, 15) is 8.78 Å². The molecule has 1 nitrogen and oxygen atoms in total. The number of rotatable bonds is 3. The van der Waals surface area contributed by atoms with E-state index in [-0.39, 0.29) is 10.6 Å². The zero-order valence-corrected chi connectivity index (χ0v) is 15.0. The molecule has 2 aromatic carbocycles. The highest BCUT2D eigenvalue weighted by Crippen LogP contribution is 2.41. The van der Waals surface area contributed by atoms with Crippen molar-refractivity contribution in [3.8, 4) is 5.75 Å². The number of methoxy groups -OCH3 is 1. The van der Waals surface area contributed by atoms with Crippen molar-refractivity contribution in [3.05, 3.63) is 62.0 Å². The third-order valence-corrected chi connectivity index (χ3v) is 5.23. The summed E-state index contributed by atoms with van der Waals surface area (Å²) < 4.78 is 33.0. The zero-order chi connectivity index (χ0) is 14.9. The summed E-state index contributed by atoms with van der Waals surface area (Å²) in [5.41, 5.74) is 1.40. The first-order chi connectivity index (χ1) is 9.45. The fraction of sp³-hybridized carbons (Fsp3) is 0.143. The Hall–Kier alpha value is -0.460. The molecule has 0 N–H and O–H groups in total. The molecule has 0 saturated heterocycles. The van der Waals surface area contributed by atoms with Gasteiger partial charge in [0.25, 0.3) is 0 Å². The second kappa shape index (κ2) is 6.54. The van der Waals surface area contributed by atoms with Gasteiger partial charge in [0, 0.05) is 11.6 Å². The van der Waals surface area contributed by atoms with Crippen LogP contribution in [0.3, 0.4) is 0 Å². The molecule has 0 saturated carbocycles. The average Bonchev–Trinajstić information content (AvgIpc) is 2.43. The van der Waals surface area contributed by atoms with Crippen molar-refractivity contribution in [1.82, 2.24) is 0 Å². The van der Waals surface area contributed by atoms with Gasteiger partial charge in [0.1, 0.15) is 17.4 Å². The van der Waals surface area contributed by atoms with E-state index in [1.807, 2.05) is 0 Å². The van der Waals surface area contributed by atoms with Crippen LogP contribution in [0.25, 0.3) is 0 Å². The van der Waals surface area contributed by atoms with Crippen molar-refractivity contribution in [2.24, 2.45) is 0 Å². The van der Waals surface area contributed by atoms with Gasteiger partial charge in [0.15, 0.2) is 0 Å². The van der Waals surface area contributed by atoms with E-state index in [4.69, 9.17) is 4.74 Å². The number of alkyl halides is 1. The molecule has 0 fully saturated rings. The normalized spacial score (nSPS) is 12.3. The van der Waals surface area contributed by atoms with Crippen molar-refractivity contribution in [2.45, 2.75) is 4.83 Å². The number of hydrogen-bond donors (Lipinski definition) is 0. The van der Waals surface area contributed by atoms with Gasteiger partial charge in [-0.25, -0.2) is 8.78 Å². The van der Waals surface area contributed by atoms with Crippen LogP contribution in [0.2, 0.25) is 0 Å². The van der Waals surface area contributed by atoms with E-state index in [0.717, 1.165) is 0 Å². The fourth-order valence-corrected chi connectivity index (χ4v) is 3.70. The standard InChI is InChI=1S/C14H9Br3F2O/c1-20-12-6-11(19)9(15)5-8(12)13(16)7-3-2-4-10(18)14(7)17/h2-6,13H,1H3. The molecular formula is C14H9Br3F2O. The van der Waals surface area contributed by atoms with Crippen LogP contribution in [-0.4, -0.2) is 7.11 Å². The van der Waals surface area contributed by atoms with Crippen LogP contribution < -0.4 is 4.74 Å². The molecule has 20 heavy (non-hydrogen) atoms. The van der Waals surface area contributed by atoms with Crippen LogP contribution in [0.15, 0.2) is 39.3 Å². The molecule has 0 spiro atoms. The van der Waals surface area contributed by atoms with Gasteiger partial charge in [-0.3, -0.25) is 0 Å². The summed E-state index contributed by atoms with van der Waals surface area (Å²) in [6, 6.07) is 7.68. The number of halogens is 5. The van der Waals surface area contributed by atoms with Crippen LogP contribution >= 0.6 is 47.8 Å². The summed E-state index contributed by atoms with van der Waals surface area (Å²) in [6.45, 7) is 0. The summed E-state index contributed by atoms with van der Waals surface area (Å²) in [5, 5.41) is 0. The third-order valence-electron chi connectivity index (χ3n) is 2.80. The van der Waals surface area contributed by atoms with Crippen LogP contribution in [0.4, 0.5) is 8.78 Å². The van der Waals surface area contributed by atoms with E-state index >= 15 is 0 Å². The third kappa shape index (κ3) is 3.07. The first kappa shape index (κ1) is 15.9. The second-order valence-electron chi connectivity index (χ2n) is 4.01. The molecule has 6 heteroatoms. The molecule has 106 valence electrons. The number of benzene rings is 2.